The van der Waals surface area contributed by atoms with E-state index in [0.717, 1.165) is 46.7 Å². The van der Waals surface area contributed by atoms with Gasteiger partial charge in [-0.15, -0.1) is 0 Å². The van der Waals surface area contributed by atoms with Crippen LogP contribution >= 0.6 is 11.8 Å². The van der Waals surface area contributed by atoms with Gasteiger partial charge in [0.25, 0.3) is 0 Å². The molecule has 1 fully saturated rings. The Hall–Kier alpha value is -2.28. The van der Waals surface area contributed by atoms with Gasteiger partial charge in [0.2, 0.25) is 0 Å². The third kappa shape index (κ3) is 3.71. The molecule has 7 heteroatoms. The number of methoxy groups -OCH3 is 1. The fraction of sp³-hybridized carbons (Fsp3) is 0.389. The molecule has 130 valence electrons. The van der Waals surface area contributed by atoms with Gasteiger partial charge in [-0.05, 0) is 37.5 Å². The van der Waals surface area contributed by atoms with Crippen molar-refractivity contribution >= 4 is 28.6 Å². The highest BCUT2D eigenvalue weighted by Crippen LogP contribution is 2.25. The van der Waals surface area contributed by atoms with E-state index in [0.29, 0.717) is 5.75 Å². The molecule has 0 atom stereocenters. The Kier molecular flexibility index (Phi) is 4.74. The molecule has 0 bridgehead atoms. The number of aromatic nitrogens is 4. The molecule has 0 amide bonds. The van der Waals surface area contributed by atoms with Crippen LogP contribution < -0.4 is 9.64 Å². The van der Waals surface area contributed by atoms with Crippen molar-refractivity contribution in [3.63, 3.8) is 0 Å². The average Bonchev–Trinajstić information content (AvgIpc) is 3.09. The van der Waals surface area contributed by atoms with Crippen molar-refractivity contribution in [2.75, 3.05) is 25.1 Å². The van der Waals surface area contributed by atoms with Gasteiger partial charge in [0.1, 0.15) is 17.4 Å². The molecule has 0 unspecified atom stereocenters. The molecule has 0 radical (unpaired) electrons. The molecule has 3 aromatic rings. The summed E-state index contributed by atoms with van der Waals surface area (Å²) in [6.45, 7) is 2.18. The number of fused-ring (bicyclic) bond motifs is 1. The number of hydrogen-bond donors (Lipinski definition) is 1. The monoisotopic (exact) mass is 355 g/mol. The first kappa shape index (κ1) is 16.2. The number of aromatic amines is 1. The van der Waals surface area contributed by atoms with Crippen molar-refractivity contribution < 1.29 is 4.74 Å². The van der Waals surface area contributed by atoms with Crippen molar-refractivity contribution in [3.05, 3.63) is 36.3 Å². The normalized spacial score (nSPS) is 14.8. The van der Waals surface area contributed by atoms with Crippen LogP contribution in [-0.2, 0) is 5.75 Å². The lowest BCUT2D eigenvalue weighted by molar-refractivity contribution is 0.415. The Bertz CT molecular complexity index is 860. The second kappa shape index (κ2) is 7.31. The largest absolute Gasteiger partial charge is 0.497 e. The highest BCUT2D eigenvalue weighted by Gasteiger charge is 2.13. The number of benzene rings is 1. The molecule has 6 nitrogen and oxygen atoms in total. The predicted molar refractivity (Wildman–Crippen MR) is 100 cm³/mol. The van der Waals surface area contributed by atoms with Crippen LogP contribution in [0.3, 0.4) is 0 Å². The van der Waals surface area contributed by atoms with Gasteiger partial charge in [0, 0.05) is 25.4 Å². The number of piperidine rings is 1. The van der Waals surface area contributed by atoms with Crippen molar-refractivity contribution in [2.45, 2.75) is 30.2 Å². The second-order valence-corrected chi connectivity index (χ2v) is 7.06. The molecule has 0 spiro atoms. The molecular weight excluding hydrogens is 334 g/mol. The van der Waals surface area contributed by atoms with E-state index in [1.54, 1.807) is 18.9 Å². The number of ether oxygens (including phenoxy) is 1. The van der Waals surface area contributed by atoms with Gasteiger partial charge in [0.15, 0.2) is 5.16 Å². The molecule has 2 aromatic heterocycles. The van der Waals surface area contributed by atoms with Gasteiger partial charge < -0.3 is 14.6 Å². The number of imidazole rings is 1. The van der Waals surface area contributed by atoms with E-state index in [4.69, 9.17) is 9.72 Å². The molecule has 3 heterocycles. The number of nitrogens with one attached hydrogen (secondary N) is 1. The van der Waals surface area contributed by atoms with E-state index in [-0.39, 0.29) is 0 Å². The summed E-state index contributed by atoms with van der Waals surface area (Å²) < 4.78 is 5.25. The minimum atomic E-state index is 0.693. The Morgan fingerprint density at radius 3 is 2.88 bits per heavy atom. The van der Waals surface area contributed by atoms with Crippen LogP contribution in [0, 0.1) is 0 Å². The molecule has 25 heavy (non-hydrogen) atoms. The zero-order chi connectivity index (χ0) is 17.1. The quantitative estimate of drug-likeness (QED) is 0.705. The summed E-state index contributed by atoms with van der Waals surface area (Å²) in [6.07, 6.45) is 5.67. The van der Waals surface area contributed by atoms with Gasteiger partial charge in [0.05, 0.1) is 23.9 Å². The second-order valence-electron chi connectivity index (χ2n) is 6.09. The molecule has 1 N–H and O–H groups in total. The molecule has 4 rings (SSSR count). The fourth-order valence-corrected chi connectivity index (χ4v) is 3.80. The number of hydrogen-bond acceptors (Lipinski definition) is 6. The summed E-state index contributed by atoms with van der Waals surface area (Å²) in [5, 5.41) is 0.871. The minimum absolute atomic E-state index is 0.693. The summed E-state index contributed by atoms with van der Waals surface area (Å²) in [6, 6.07) is 7.85. The number of thioether (sulfide) groups is 1. The number of anilines is 1. The summed E-state index contributed by atoms with van der Waals surface area (Å²) in [4.78, 5) is 19.4. The van der Waals surface area contributed by atoms with Gasteiger partial charge in [-0.3, -0.25) is 0 Å². The molecule has 1 aliphatic heterocycles. The van der Waals surface area contributed by atoms with Gasteiger partial charge in [-0.25, -0.2) is 15.0 Å². The first-order valence-corrected chi connectivity index (χ1v) is 9.54. The van der Waals surface area contributed by atoms with Crippen LogP contribution in [0.25, 0.3) is 11.0 Å². The van der Waals surface area contributed by atoms with Crippen molar-refractivity contribution in [1.82, 2.24) is 19.9 Å². The maximum absolute atomic E-state index is 5.25. The van der Waals surface area contributed by atoms with E-state index >= 15 is 0 Å². The number of nitrogens with zero attached hydrogens (tertiary/aromatic N) is 4. The van der Waals surface area contributed by atoms with Crippen LogP contribution in [0.2, 0.25) is 0 Å². The fourth-order valence-electron chi connectivity index (χ4n) is 3.05. The topological polar surface area (TPSA) is 66.9 Å². The molecular formula is C18H21N5OS. The lowest BCUT2D eigenvalue weighted by atomic mass is 10.1. The smallest absolute Gasteiger partial charge is 0.166 e. The first-order chi connectivity index (χ1) is 12.3. The van der Waals surface area contributed by atoms with Crippen LogP contribution in [0.4, 0.5) is 5.82 Å². The summed E-state index contributed by atoms with van der Waals surface area (Å²) in [5.41, 5.74) is 1.91. The predicted octanol–water partition coefficient (Wildman–Crippen LogP) is 3.64. The molecule has 0 aliphatic carbocycles. The van der Waals surface area contributed by atoms with E-state index in [1.165, 1.54) is 19.3 Å². The lowest BCUT2D eigenvalue weighted by Crippen LogP contribution is -2.30. The summed E-state index contributed by atoms with van der Waals surface area (Å²) in [7, 11) is 1.67. The van der Waals surface area contributed by atoms with Crippen molar-refractivity contribution in [3.8, 4) is 5.75 Å². The highest BCUT2D eigenvalue weighted by molar-refractivity contribution is 7.98. The highest BCUT2D eigenvalue weighted by atomic mass is 32.2. The maximum Gasteiger partial charge on any atom is 0.166 e. The van der Waals surface area contributed by atoms with Crippen LogP contribution in [0.1, 0.15) is 25.1 Å². The Morgan fingerprint density at radius 1 is 1.16 bits per heavy atom. The van der Waals surface area contributed by atoms with Crippen LogP contribution in [0.15, 0.2) is 35.6 Å². The number of H-pyrrole nitrogens is 1. The van der Waals surface area contributed by atoms with Crippen molar-refractivity contribution in [2.24, 2.45) is 0 Å². The van der Waals surface area contributed by atoms with E-state index in [1.807, 2.05) is 30.5 Å². The van der Waals surface area contributed by atoms with Gasteiger partial charge in [-0.2, -0.15) is 0 Å². The van der Waals surface area contributed by atoms with Crippen LogP contribution in [-0.4, -0.2) is 40.1 Å². The van der Waals surface area contributed by atoms with Crippen molar-refractivity contribution in [1.29, 1.82) is 0 Å². The third-order valence-electron chi connectivity index (χ3n) is 4.38. The SMILES string of the molecule is COc1ccc2nc(SCc3nccc(N4CCCCC4)n3)[nH]c2c1. The maximum atomic E-state index is 5.25. The molecule has 1 aromatic carbocycles. The Morgan fingerprint density at radius 2 is 2.04 bits per heavy atom. The third-order valence-corrected chi connectivity index (χ3v) is 5.25. The zero-order valence-corrected chi connectivity index (χ0v) is 15.1. The zero-order valence-electron chi connectivity index (χ0n) is 14.2. The lowest BCUT2D eigenvalue weighted by Gasteiger charge is -2.27. The van der Waals surface area contributed by atoms with Crippen LogP contribution in [0.5, 0.6) is 5.75 Å². The Labute approximate surface area is 151 Å². The minimum Gasteiger partial charge on any atom is -0.497 e. The molecule has 1 aliphatic rings. The molecule has 1 saturated heterocycles. The van der Waals surface area contributed by atoms with Gasteiger partial charge in [-0.1, -0.05) is 11.8 Å². The molecule has 0 saturated carbocycles. The van der Waals surface area contributed by atoms with E-state index in [9.17, 15) is 0 Å². The van der Waals surface area contributed by atoms with E-state index < -0.39 is 0 Å². The van der Waals surface area contributed by atoms with E-state index in [2.05, 4.69) is 19.9 Å². The average molecular weight is 355 g/mol. The summed E-state index contributed by atoms with van der Waals surface area (Å²) >= 11 is 1.62. The standard InChI is InChI=1S/C18H21N5OS/c1-24-13-5-6-14-15(11-13)21-18(20-14)25-12-16-19-8-7-17(22-16)23-9-3-2-4-10-23/h5-8,11H,2-4,9-10,12H2,1H3,(H,20,21). The number of rotatable bonds is 5. The Balaban J connectivity index is 1.45. The summed E-state index contributed by atoms with van der Waals surface area (Å²) in [5.74, 6) is 3.40. The van der Waals surface area contributed by atoms with Gasteiger partial charge >= 0.3 is 0 Å². The first-order valence-electron chi connectivity index (χ1n) is 8.55.